The molecule has 0 saturated carbocycles. The van der Waals surface area contributed by atoms with Gasteiger partial charge < -0.3 is 20.3 Å². The van der Waals surface area contributed by atoms with Gasteiger partial charge in [0.25, 0.3) is 0 Å². The lowest BCUT2D eigenvalue weighted by Crippen LogP contribution is -2.29. The van der Waals surface area contributed by atoms with Crippen LogP contribution in [0.25, 0.3) is 10.8 Å². The first kappa shape index (κ1) is 18.6. The highest BCUT2D eigenvalue weighted by Crippen LogP contribution is 2.18. The van der Waals surface area contributed by atoms with Crippen LogP contribution in [0.15, 0.2) is 42.5 Å². The average Bonchev–Trinajstić information content (AvgIpc) is 2.53. The van der Waals surface area contributed by atoms with E-state index in [0.717, 1.165) is 13.2 Å². The van der Waals surface area contributed by atoms with E-state index in [2.05, 4.69) is 54.7 Å². The zero-order chi connectivity index (χ0) is 17.2. The molecule has 0 bridgehead atoms. The number of aliphatic carboxylic acids is 2. The molecule has 0 saturated heterocycles. The Morgan fingerprint density at radius 3 is 2.30 bits per heavy atom. The van der Waals surface area contributed by atoms with E-state index in [0.29, 0.717) is 6.04 Å². The Morgan fingerprint density at radius 1 is 1.09 bits per heavy atom. The molecule has 0 fully saturated rings. The smallest absolute Gasteiger partial charge is 0.414 e. The summed E-state index contributed by atoms with van der Waals surface area (Å²) in [6.07, 6.45) is 0. The van der Waals surface area contributed by atoms with Gasteiger partial charge in [-0.05, 0) is 23.3 Å². The van der Waals surface area contributed by atoms with Crippen molar-refractivity contribution in [1.82, 2.24) is 5.32 Å². The molecule has 0 aromatic heterocycles. The van der Waals surface area contributed by atoms with Crippen LogP contribution in [0.1, 0.15) is 12.5 Å². The number of carbonyl (C=O) groups is 2. The molecule has 2 rings (SSSR count). The van der Waals surface area contributed by atoms with Crippen LogP contribution in [0.2, 0.25) is 0 Å². The van der Waals surface area contributed by atoms with E-state index >= 15 is 0 Å². The third kappa shape index (κ3) is 6.46. The predicted octanol–water partition coefficient (Wildman–Crippen LogP) is 2.12. The van der Waals surface area contributed by atoms with E-state index in [1.54, 1.807) is 7.11 Å². The van der Waals surface area contributed by atoms with Crippen LogP contribution in [-0.2, 0) is 20.9 Å². The molecule has 0 spiro atoms. The number of methoxy groups -OCH3 is 1. The van der Waals surface area contributed by atoms with Crippen LogP contribution < -0.4 is 5.32 Å². The Bertz CT molecular complexity index is 639. The first-order valence-corrected chi connectivity index (χ1v) is 7.11. The van der Waals surface area contributed by atoms with E-state index in [4.69, 9.17) is 24.5 Å². The van der Waals surface area contributed by atoms with E-state index in [1.165, 1.54) is 16.3 Å². The molecular weight excluding hydrogens is 298 g/mol. The number of benzene rings is 2. The van der Waals surface area contributed by atoms with Gasteiger partial charge in [-0.1, -0.05) is 42.5 Å². The van der Waals surface area contributed by atoms with Crippen molar-refractivity contribution >= 4 is 22.7 Å². The van der Waals surface area contributed by atoms with Crippen LogP contribution in [0, 0.1) is 0 Å². The molecule has 0 amide bonds. The number of hydrogen-bond donors (Lipinski definition) is 3. The molecule has 0 radical (unpaired) electrons. The summed E-state index contributed by atoms with van der Waals surface area (Å²) in [7, 11) is 1.73. The monoisotopic (exact) mass is 319 g/mol. The van der Waals surface area contributed by atoms with Crippen molar-refractivity contribution in [3.05, 3.63) is 48.0 Å². The van der Waals surface area contributed by atoms with Gasteiger partial charge in [0.15, 0.2) is 0 Å². The molecule has 124 valence electrons. The molecule has 0 heterocycles. The van der Waals surface area contributed by atoms with Crippen molar-refractivity contribution in [2.24, 2.45) is 0 Å². The van der Waals surface area contributed by atoms with Gasteiger partial charge in [0.2, 0.25) is 0 Å². The first-order chi connectivity index (χ1) is 11.0. The molecular formula is C17H21NO5. The molecule has 23 heavy (non-hydrogen) atoms. The standard InChI is InChI=1S/C15H19NO.C2H2O4/c1-12(11-17-2)16-10-14-8-5-7-13-6-3-4-9-15(13)14;3-1(4)2(5)6/h3-9,12,16H,10-11H2,1-2H3;(H,3,4)(H,5,6). The Kier molecular flexibility index (Phi) is 7.73. The number of fused-ring (bicyclic) bond motifs is 1. The van der Waals surface area contributed by atoms with Gasteiger partial charge in [-0.3, -0.25) is 0 Å². The van der Waals surface area contributed by atoms with Crippen molar-refractivity contribution in [3.8, 4) is 0 Å². The van der Waals surface area contributed by atoms with Crippen LogP contribution in [0.4, 0.5) is 0 Å². The van der Waals surface area contributed by atoms with Crippen LogP contribution in [0.5, 0.6) is 0 Å². The maximum Gasteiger partial charge on any atom is 0.414 e. The highest BCUT2D eigenvalue weighted by atomic mass is 16.5. The fourth-order valence-corrected chi connectivity index (χ4v) is 2.04. The predicted molar refractivity (Wildman–Crippen MR) is 87.4 cm³/mol. The molecule has 6 nitrogen and oxygen atoms in total. The Labute approximate surface area is 134 Å². The highest BCUT2D eigenvalue weighted by molar-refractivity contribution is 6.27. The number of nitrogens with one attached hydrogen (secondary N) is 1. The average molecular weight is 319 g/mol. The minimum Gasteiger partial charge on any atom is -0.473 e. The molecule has 0 aliphatic rings. The fraction of sp³-hybridized carbons (Fsp3) is 0.294. The largest absolute Gasteiger partial charge is 0.473 e. The zero-order valence-electron chi connectivity index (χ0n) is 13.2. The molecule has 0 aliphatic carbocycles. The Morgan fingerprint density at radius 2 is 1.70 bits per heavy atom. The topological polar surface area (TPSA) is 95.9 Å². The molecule has 3 N–H and O–H groups in total. The van der Waals surface area contributed by atoms with E-state index in [1.807, 2.05) is 0 Å². The minimum atomic E-state index is -1.82. The molecule has 6 heteroatoms. The number of carboxylic acids is 2. The third-order valence-corrected chi connectivity index (χ3v) is 3.12. The van der Waals surface area contributed by atoms with Crippen molar-refractivity contribution in [1.29, 1.82) is 0 Å². The number of carboxylic acid groups (broad SMARTS) is 2. The van der Waals surface area contributed by atoms with Gasteiger partial charge in [-0.25, -0.2) is 9.59 Å². The van der Waals surface area contributed by atoms with E-state index < -0.39 is 11.9 Å². The lowest BCUT2D eigenvalue weighted by Gasteiger charge is -2.13. The summed E-state index contributed by atoms with van der Waals surface area (Å²) in [4.78, 5) is 18.2. The maximum atomic E-state index is 9.10. The second kappa shape index (κ2) is 9.55. The third-order valence-electron chi connectivity index (χ3n) is 3.12. The summed E-state index contributed by atoms with van der Waals surface area (Å²) in [5.41, 5.74) is 1.34. The second-order valence-electron chi connectivity index (χ2n) is 4.99. The highest BCUT2D eigenvalue weighted by Gasteiger charge is 2.04. The normalized spacial score (nSPS) is 11.4. The zero-order valence-corrected chi connectivity index (χ0v) is 13.2. The van der Waals surface area contributed by atoms with Gasteiger partial charge in [0.05, 0.1) is 6.61 Å². The number of rotatable bonds is 5. The fourth-order valence-electron chi connectivity index (χ4n) is 2.04. The van der Waals surface area contributed by atoms with Crippen molar-refractivity contribution < 1.29 is 24.5 Å². The summed E-state index contributed by atoms with van der Waals surface area (Å²) < 4.78 is 5.12. The van der Waals surface area contributed by atoms with Gasteiger partial charge in [0, 0.05) is 19.7 Å². The van der Waals surface area contributed by atoms with E-state index in [9.17, 15) is 0 Å². The number of hydrogen-bond acceptors (Lipinski definition) is 4. The minimum absolute atomic E-state index is 0.374. The van der Waals surface area contributed by atoms with Crippen LogP contribution in [-0.4, -0.2) is 41.9 Å². The van der Waals surface area contributed by atoms with Gasteiger partial charge in [-0.2, -0.15) is 0 Å². The summed E-state index contributed by atoms with van der Waals surface area (Å²) in [5, 5.41) is 20.9. The van der Waals surface area contributed by atoms with Crippen LogP contribution >= 0.6 is 0 Å². The maximum absolute atomic E-state index is 9.10. The summed E-state index contributed by atoms with van der Waals surface area (Å²) >= 11 is 0. The molecule has 0 aliphatic heterocycles. The first-order valence-electron chi connectivity index (χ1n) is 7.11. The van der Waals surface area contributed by atoms with Gasteiger partial charge in [-0.15, -0.1) is 0 Å². The van der Waals surface area contributed by atoms with E-state index in [-0.39, 0.29) is 0 Å². The summed E-state index contributed by atoms with van der Waals surface area (Å²) in [6.45, 7) is 3.76. The Hall–Kier alpha value is -2.44. The van der Waals surface area contributed by atoms with Gasteiger partial charge >= 0.3 is 11.9 Å². The molecule has 2 aromatic carbocycles. The van der Waals surface area contributed by atoms with Crippen molar-refractivity contribution in [3.63, 3.8) is 0 Å². The Balaban J connectivity index is 0.000000379. The van der Waals surface area contributed by atoms with Crippen molar-refractivity contribution in [2.75, 3.05) is 13.7 Å². The number of ether oxygens (including phenoxy) is 1. The summed E-state index contributed by atoms with van der Waals surface area (Å²) in [6, 6.07) is 15.3. The van der Waals surface area contributed by atoms with Crippen molar-refractivity contribution in [2.45, 2.75) is 19.5 Å². The summed E-state index contributed by atoms with van der Waals surface area (Å²) in [5.74, 6) is -3.65. The molecule has 1 atom stereocenters. The lowest BCUT2D eigenvalue weighted by atomic mass is 10.0. The van der Waals surface area contributed by atoms with Crippen LogP contribution in [0.3, 0.4) is 0 Å². The van der Waals surface area contributed by atoms with Gasteiger partial charge in [0.1, 0.15) is 0 Å². The SMILES string of the molecule is COCC(C)NCc1cccc2ccccc12.O=C(O)C(=O)O. The lowest BCUT2D eigenvalue weighted by molar-refractivity contribution is -0.159. The molecule has 2 aromatic rings. The molecule has 1 unspecified atom stereocenters. The quantitative estimate of drug-likeness (QED) is 0.731. The second-order valence-corrected chi connectivity index (χ2v) is 4.99.